The van der Waals surface area contributed by atoms with E-state index >= 15 is 0 Å². The quantitative estimate of drug-likeness (QED) is 0.860. The smallest absolute Gasteiger partial charge is 0.266 e. The molecule has 2 aliphatic rings. The zero-order valence-electron chi connectivity index (χ0n) is 10.6. The van der Waals surface area contributed by atoms with Gasteiger partial charge in [-0.3, -0.25) is 0 Å². The van der Waals surface area contributed by atoms with Gasteiger partial charge >= 0.3 is 0 Å². The standard InChI is InChI=1S/C12H20N4O2/c1-2-8-16(7-1)12-14-11(18-15-12)9-17-10-3-5-13-6-4-10/h10,13H,1-9H2. The zero-order valence-corrected chi connectivity index (χ0v) is 10.6. The summed E-state index contributed by atoms with van der Waals surface area (Å²) in [5, 5.41) is 7.33. The first-order valence-electron chi connectivity index (χ1n) is 6.82. The van der Waals surface area contributed by atoms with Gasteiger partial charge in [0.1, 0.15) is 6.61 Å². The van der Waals surface area contributed by atoms with Gasteiger partial charge in [-0.15, -0.1) is 0 Å². The van der Waals surface area contributed by atoms with Gasteiger partial charge < -0.3 is 19.5 Å². The highest BCUT2D eigenvalue weighted by atomic mass is 16.5. The Morgan fingerprint density at radius 3 is 2.83 bits per heavy atom. The lowest BCUT2D eigenvalue weighted by molar-refractivity contribution is 0.00859. The Hall–Kier alpha value is -1.14. The van der Waals surface area contributed by atoms with Crippen LogP contribution >= 0.6 is 0 Å². The highest BCUT2D eigenvalue weighted by Crippen LogP contribution is 2.17. The summed E-state index contributed by atoms with van der Waals surface area (Å²) in [6, 6.07) is 0. The molecule has 0 amide bonds. The molecule has 2 aliphatic heterocycles. The summed E-state index contributed by atoms with van der Waals surface area (Å²) in [5.74, 6) is 1.31. The average Bonchev–Trinajstić information content (AvgIpc) is 3.08. The maximum Gasteiger partial charge on any atom is 0.266 e. The zero-order chi connectivity index (χ0) is 12.2. The Morgan fingerprint density at radius 1 is 1.28 bits per heavy atom. The van der Waals surface area contributed by atoms with Crippen LogP contribution in [-0.2, 0) is 11.3 Å². The third-order valence-electron chi connectivity index (χ3n) is 3.57. The predicted octanol–water partition coefficient (Wildman–Crippen LogP) is 0.938. The molecule has 0 spiro atoms. The van der Waals surface area contributed by atoms with Gasteiger partial charge in [-0.1, -0.05) is 0 Å². The van der Waals surface area contributed by atoms with Crippen molar-refractivity contribution >= 4 is 5.95 Å². The van der Waals surface area contributed by atoms with Crippen molar-refractivity contribution in [3.63, 3.8) is 0 Å². The van der Waals surface area contributed by atoms with Gasteiger partial charge in [0, 0.05) is 13.1 Å². The Morgan fingerprint density at radius 2 is 2.06 bits per heavy atom. The summed E-state index contributed by atoms with van der Waals surface area (Å²) in [6.07, 6.45) is 4.89. The van der Waals surface area contributed by atoms with E-state index in [4.69, 9.17) is 9.26 Å². The van der Waals surface area contributed by atoms with E-state index in [1.165, 1.54) is 12.8 Å². The molecule has 1 aromatic heterocycles. The lowest BCUT2D eigenvalue weighted by Crippen LogP contribution is -2.32. The molecule has 0 aliphatic carbocycles. The number of hydrogen-bond acceptors (Lipinski definition) is 6. The van der Waals surface area contributed by atoms with E-state index in [9.17, 15) is 0 Å². The lowest BCUT2D eigenvalue weighted by atomic mass is 10.1. The van der Waals surface area contributed by atoms with Crippen molar-refractivity contribution in [3.05, 3.63) is 5.89 Å². The van der Waals surface area contributed by atoms with Crippen LogP contribution in [0.4, 0.5) is 5.95 Å². The molecule has 0 atom stereocenters. The molecule has 2 fully saturated rings. The second-order valence-electron chi connectivity index (χ2n) is 4.94. The first kappa shape index (κ1) is 11.9. The Kier molecular flexibility index (Phi) is 3.75. The number of piperidine rings is 1. The molecule has 0 unspecified atom stereocenters. The van der Waals surface area contributed by atoms with Gasteiger partial charge in [0.15, 0.2) is 0 Å². The minimum atomic E-state index is 0.327. The van der Waals surface area contributed by atoms with Gasteiger partial charge in [0.05, 0.1) is 6.10 Å². The first-order chi connectivity index (χ1) is 8.92. The summed E-state index contributed by atoms with van der Waals surface area (Å²) in [7, 11) is 0. The monoisotopic (exact) mass is 252 g/mol. The summed E-state index contributed by atoms with van der Waals surface area (Å²) in [5.41, 5.74) is 0. The molecule has 1 aromatic rings. The molecule has 1 N–H and O–H groups in total. The van der Waals surface area contributed by atoms with Crippen LogP contribution in [0.1, 0.15) is 31.6 Å². The minimum absolute atomic E-state index is 0.327. The SMILES string of the molecule is C1CCN(c2noc(COC3CCNCC3)n2)C1. The molecule has 100 valence electrons. The summed E-state index contributed by atoms with van der Waals surface area (Å²) < 4.78 is 11.0. The average molecular weight is 252 g/mol. The van der Waals surface area contributed by atoms with Crippen molar-refractivity contribution in [3.8, 4) is 0 Å². The first-order valence-corrected chi connectivity index (χ1v) is 6.82. The molecule has 0 aromatic carbocycles. The number of anilines is 1. The van der Waals surface area contributed by atoms with Gasteiger partial charge in [0.25, 0.3) is 11.8 Å². The van der Waals surface area contributed by atoms with E-state index < -0.39 is 0 Å². The van der Waals surface area contributed by atoms with E-state index in [0.717, 1.165) is 45.0 Å². The molecular weight excluding hydrogens is 232 g/mol. The van der Waals surface area contributed by atoms with Crippen molar-refractivity contribution in [1.29, 1.82) is 0 Å². The molecule has 0 radical (unpaired) electrons. The Labute approximate surface area is 107 Å². The van der Waals surface area contributed by atoms with Crippen molar-refractivity contribution in [2.75, 3.05) is 31.1 Å². The van der Waals surface area contributed by atoms with Gasteiger partial charge in [-0.2, -0.15) is 4.98 Å². The van der Waals surface area contributed by atoms with E-state index in [0.29, 0.717) is 18.6 Å². The highest BCUT2D eigenvalue weighted by Gasteiger charge is 2.19. The van der Waals surface area contributed by atoms with Crippen LogP contribution in [0.2, 0.25) is 0 Å². The molecule has 0 bridgehead atoms. The maximum absolute atomic E-state index is 5.79. The van der Waals surface area contributed by atoms with Crippen molar-refractivity contribution < 1.29 is 9.26 Å². The number of hydrogen-bond donors (Lipinski definition) is 1. The number of ether oxygens (including phenoxy) is 1. The van der Waals surface area contributed by atoms with Crippen LogP contribution in [0.5, 0.6) is 0 Å². The normalized spacial score (nSPS) is 21.7. The Bertz CT molecular complexity index is 370. The van der Waals surface area contributed by atoms with E-state index in [1.54, 1.807) is 0 Å². The lowest BCUT2D eigenvalue weighted by Gasteiger charge is -2.21. The van der Waals surface area contributed by atoms with Crippen molar-refractivity contribution in [1.82, 2.24) is 15.5 Å². The number of aromatic nitrogens is 2. The fraction of sp³-hybridized carbons (Fsp3) is 0.833. The topological polar surface area (TPSA) is 63.4 Å². The molecule has 0 saturated carbocycles. The van der Waals surface area contributed by atoms with Crippen LogP contribution in [0.15, 0.2) is 4.52 Å². The number of nitrogens with zero attached hydrogens (tertiary/aromatic N) is 3. The fourth-order valence-corrected chi connectivity index (χ4v) is 2.50. The summed E-state index contributed by atoms with van der Waals surface area (Å²) >= 11 is 0. The predicted molar refractivity (Wildman–Crippen MR) is 66.4 cm³/mol. The van der Waals surface area contributed by atoms with Crippen molar-refractivity contribution in [2.45, 2.75) is 38.4 Å². The number of nitrogens with one attached hydrogen (secondary N) is 1. The molecule has 18 heavy (non-hydrogen) atoms. The third-order valence-corrected chi connectivity index (χ3v) is 3.57. The third kappa shape index (κ3) is 2.81. The fourth-order valence-electron chi connectivity index (χ4n) is 2.50. The molecule has 6 heteroatoms. The van der Waals surface area contributed by atoms with Gasteiger partial charge in [-0.25, -0.2) is 0 Å². The van der Waals surface area contributed by atoms with Crippen LogP contribution in [-0.4, -0.2) is 42.4 Å². The van der Waals surface area contributed by atoms with E-state index in [2.05, 4.69) is 20.4 Å². The second-order valence-corrected chi connectivity index (χ2v) is 4.94. The van der Waals surface area contributed by atoms with Gasteiger partial charge in [0.2, 0.25) is 0 Å². The highest BCUT2D eigenvalue weighted by molar-refractivity contribution is 5.28. The second kappa shape index (κ2) is 5.67. The molecular formula is C12H20N4O2. The largest absolute Gasteiger partial charge is 0.368 e. The van der Waals surface area contributed by atoms with E-state index in [1.807, 2.05) is 0 Å². The number of rotatable bonds is 4. The van der Waals surface area contributed by atoms with Crippen molar-refractivity contribution in [2.24, 2.45) is 0 Å². The minimum Gasteiger partial charge on any atom is -0.368 e. The van der Waals surface area contributed by atoms with Gasteiger partial charge in [-0.05, 0) is 43.9 Å². The van der Waals surface area contributed by atoms with E-state index in [-0.39, 0.29) is 0 Å². The van der Waals surface area contributed by atoms with Crippen LogP contribution in [0, 0.1) is 0 Å². The summed E-state index contributed by atoms with van der Waals surface area (Å²) in [4.78, 5) is 6.55. The molecule has 3 rings (SSSR count). The maximum atomic E-state index is 5.79. The Balaban J connectivity index is 1.50. The van der Waals surface area contributed by atoms with Crippen LogP contribution in [0.25, 0.3) is 0 Å². The van der Waals surface area contributed by atoms with Crippen LogP contribution < -0.4 is 10.2 Å². The molecule has 3 heterocycles. The molecule has 2 saturated heterocycles. The van der Waals surface area contributed by atoms with Crippen LogP contribution in [0.3, 0.4) is 0 Å². The molecule has 6 nitrogen and oxygen atoms in total. The summed E-state index contributed by atoms with van der Waals surface area (Å²) in [6.45, 7) is 4.58.